The Balaban J connectivity index is 3.21. The number of aliphatic imine (C=N–C) groups is 1. The average Bonchev–Trinajstić information content (AvgIpc) is 2.04. The highest BCUT2D eigenvalue weighted by Crippen LogP contribution is 2.25. The van der Waals surface area contributed by atoms with Crippen LogP contribution in [0.15, 0.2) is 23.3 Å². The molecule has 0 aliphatic heterocycles. The van der Waals surface area contributed by atoms with E-state index in [1.54, 1.807) is 12.3 Å². The van der Waals surface area contributed by atoms with E-state index >= 15 is 0 Å². The maximum Gasteiger partial charge on any atom is 0.235 e. The zero-order valence-electron chi connectivity index (χ0n) is 8.03. The largest absolute Gasteiger partial charge is 0.261 e. The molecular formula is C10H12N2O. The van der Waals surface area contributed by atoms with E-state index in [1.807, 2.05) is 32.9 Å². The Morgan fingerprint density at radius 3 is 2.77 bits per heavy atom. The number of carbonyl (C=O) groups excluding carboxylic acids is 1. The predicted molar refractivity (Wildman–Crippen MR) is 50.1 cm³/mol. The minimum atomic E-state index is -0.528. The Morgan fingerprint density at radius 2 is 2.23 bits per heavy atom. The highest BCUT2D eigenvalue weighted by atomic mass is 16.1. The highest BCUT2D eigenvalue weighted by molar-refractivity contribution is 5.38. The first-order valence-corrected chi connectivity index (χ1v) is 4.09. The van der Waals surface area contributed by atoms with Gasteiger partial charge in [-0.1, -0.05) is 6.07 Å². The molecule has 0 aliphatic rings. The average molecular weight is 176 g/mol. The van der Waals surface area contributed by atoms with Crippen molar-refractivity contribution in [2.45, 2.75) is 26.3 Å². The minimum Gasteiger partial charge on any atom is -0.261 e. The highest BCUT2D eigenvalue weighted by Gasteiger charge is 2.21. The topological polar surface area (TPSA) is 42.3 Å². The van der Waals surface area contributed by atoms with Gasteiger partial charge in [0.25, 0.3) is 0 Å². The molecule has 1 aromatic heterocycles. The van der Waals surface area contributed by atoms with Crippen LogP contribution in [0.1, 0.15) is 25.1 Å². The fraction of sp³-hybridized carbons (Fsp3) is 0.400. The van der Waals surface area contributed by atoms with Gasteiger partial charge in [0, 0.05) is 17.5 Å². The van der Waals surface area contributed by atoms with Crippen molar-refractivity contribution in [3.05, 3.63) is 29.6 Å². The monoisotopic (exact) mass is 176 g/mol. The molecule has 1 heterocycles. The number of aryl methyl sites for hydroxylation is 1. The van der Waals surface area contributed by atoms with E-state index in [9.17, 15) is 4.79 Å². The summed E-state index contributed by atoms with van der Waals surface area (Å²) in [5.74, 6) is 0. The van der Waals surface area contributed by atoms with Crippen LogP contribution in [0.25, 0.3) is 0 Å². The summed E-state index contributed by atoms with van der Waals surface area (Å²) >= 11 is 0. The van der Waals surface area contributed by atoms with E-state index in [2.05, 4.69) is 9.98 Å². The molecule has 0 spiro atoms. The summed E-state index contributed by atoms with van der Waals surface area (Å²) < 4.78 is 0. The summed E-state index contributed by atoms with van der Waals surface area (Å²) in [4.78, 5) is 18.1. The van der Waals surface area contributed by atoms with Crippen LogP contribution in [0.2, 0.25) is 0 Å². The number of hydrogen-bond acceptors (Lipinski definition) is 3. The molecule has 3 heteroatoms. The first-order valence-electron chi connectivity index (χ1n) is 4.09. The van der Waals surface area contributed by atoms with Gasteiger partial charge in [-0.2, -0.15) is 4.99 Å². The van der Waals surface area contributed by atoms with Crippen molar-refractivity contribution in [2.75, 3.05) is 0 Å². The number of nitrogens with zero attached hydrogens (tertiary/aromatic N) is 2. The second kappa shape index (κ2) is 3.50. The van der Waals surface area contributed by atoms with Crippen LogP contribution in [0.3, 0.4) is 0 Å². The second-order valence-corrected chi connectivity index (χ2v) is 3.40. The minimum absolute atomic E-state index is 0.528. The quantitative estimate of drug-likeness (QED) is 0.510. The molecule has 0 aliphatic carbocycles. The Labute approximate surface area is 77.5 Å². The van der Waals surface area contributed by atoms with Crippen molar-refractivity contribution in [1.29, 1.82) is 0 Å². The summed E-state index contributed by atoms with van der Waals surface area (Å²) in [6.07, 6.45) is 3.30. The van der Waals surface area contributed by atoms with Crippen molar-refractivity contribution in [1.82, 2.24) is 4.98 Å². The number of hydrogen-bond donors (Lipinski definition) is 0. The lowest BCUT2D eigenvalue weighted by atomic mass is 9.94. The number of isocyanates is 1. The summed E-state index contributed by atoms with van der Waals surface area (Å²) in [6, 6.07) is 3.76. The molecule has 0 N–H and O–H groups in total. The first kappa shape index (κ1) is 9.62. The van der Waals surface area contributed by atoms with Crippen molar-refractivity contribution < 1.29 is 4.79 Å². The van der Waals surface area contributed by atoms with Crippen molar-refractivity contribution >= 4 is 6.08 Å². The van der Waals surface area contributed by atoms with Crippen molar-refractivity contribution in [2.24, 2.45) is 4.99 Å². The molecule has 0 unspecified atom stereocenters. The maximum absolute atomic E-state index is 10.2. The van der Waals surface area contributed by atoms with Crippen LogP contribution in [0.4, 0.5) is 0 Å². The Bertz CT molecular complexity index is 352. The molecular weight excluding hydrogens is 164 g/mol. The normalized spacial score (nSPS) is 10.7. The van der Waals surface area contributed by atoms with E-state index in [0.29, 0.717) is 0 Å². The predicted octanol–water partition coefficient (Wildman–Crippen LogP) is 1.96. The number of pyridine rings is 1. The summed E-state index contributed by atoms with van der Waals surface area (Å²) in [5, 5.41) is 0. The van der Waals surface area contributed by atoms with Gasteiger partial charge in [0.05, 0.1) is 5.54 Å². The van der Waals surface area contributed by atoms with E-state index in [1.165, 1.54) is 0 Å². The standard InChI is InChI=1S/C10H12N2O/c1-8-9(5-4-6-11-8)10(2,3)12-7-13/h4-6H,1-3H3. The molecule has 3 nitrogen and oxygen atoms in total. The fourth-order valence-corrected chi connectivity index (χ4v) is 1.31. The summed E-state index contributed by atoms with van der Waals surface area (Å²) in [5.41, 5.74) is 1.32. The molecule has 1 rings (SSSR count). The Hall–Kier alpha value is -1.47. The zero-order chi connectivity index (χ0) is 9.90. The lowest BCUT2D eigenvalue weighted by Crippen LogP contribution is -2.15. The number of aromatic nitrogens is 1. The van der Waals surface area contributed by atoms with Crippen LogP contribution in [0, 0.1) is 6.92 Å². The van der Waals surface area contributed by atoms with Crippen LogP contribution < -0.4 is 0 Å². The lowest BCUT2D eigenvalue weighted by molar-refractivity contribution is 0.519. The third-order valence-corrected chi connectivity index (χ3v) is 1.99. The fourth-order valence-electron chi connectivity index (χ4n) is 1.31. The molecule has 0 saturated carbocycles. The van der Waals surface area contributed by atoms with Gasteiger partial charge in [0.1, 0.15) is 0 Å². The summed E-state index contributed by atoms with van der Waals surface area (Å²) in [7, 11) is 0. The van der Waals surface area contributed by atoms with Gasteiger partial charge in [-0.15, -0.1) is 0 Å². The van der Waals surface area contributed by atoms with E-state index in [4.69, 9.17) is 0 Å². The van der Waals surface area contributed by atoms with Crippen molar-refractivity contribution in [3.63, 3.8) is 0 Å². The van der Waals surface area contributed by atoms with E-state index in [-0.39, 0.29) is 0 Å². The van der Waals surface area contributed by atoms with Gasteiger partial charge < -0.3 is 0 Å². The molecule has 0 radical (unpaired) electrons. The van der Waals surface area contributed by atoms with E-state index in [0.717, 1.165) is 11.3 Å². The molecule has 0 fully saturated rings. The van der Waals surface area contributed by atoms with Gasteiger partial charge in [-0.05, 0) is 26.8 Å². The smallest absolute Gasteiger partial charge is 0.235 e. The van der Waals surface area contributed by atoms with Crippen LogP contribution in [-0.2, 0) is 10.3 Å². The van der Waals surface area contributed by atoms with Crippen molar-refractivity contribution in [3.8, 4) is 0 Å². The third kappa shape index (κ3) is 2.01. The Kier molecular flexibility index (Phi) is 2.59. The zero-order valence-corrected chi connectivity index (χ0v) is 8.03. The third-order valence-electron chi connectivity index (χ3n) is 1.99. The molecule has 13 heavy (non-hydrogen) atoms. The second-order valence-electron chi connectivity index (χ2n) is 3.40. The molecule has 1 aromatic rings. The molecule has 0 atom stereocenters. The Morgan fingerprint density at radius 1 is 1.54 bits per heavy atom. The van der Waals surface area contributed by atoms with Crippen LogP contribution in [-0.4, -0.2) is 11.1 Å². The molecule has 0 saturated heterocycles. The summed E-state index contributed by atoms with van der Waals surface area (Å²) in [6.45, 7) is 5.63. The lowest BCUT2D eigenvalue weighted by Gasteiger charge is -2.19. The van der Waals surface area contributed by atoms with Gasteiger partial charge in [0.2, 0.25) is 6.08 Å². The van der Waals surface area contributed by atoms with E-state index < -0.39 is 5.54 Å². The SMILES string of the molecule is Cc1ncccc1C(C)(C)N=C=O. The maximum atomic E-state index is 10.2. The molecule has 68 valence electrons. The van der Waals surface area contributed by atoms with Gasteiger partial charge >= 0.3 is 0 Å². The molecule has 0 bridgehead atoms. The van der Waals surface area contributed by atoms with Crippen LogP contribution >= 0.6 is 0 Å². The molecule has 0 amide bonds. The van der Waals surface area contributed by atoms with Gasteiger partial charge in [-0.25, -0.2) is 4.79 Å². The molecule has 0 aromatic carbocycles. The van der Waals surface area contributed by atoms with Crippen LogP contribution in [0.5, 0.6) is 0 Å². The number of rotatable bonds is 2. The van der Waals surface area contributed by atoms with Gasteiger partial charge in [-0.3, -0.25) is 4.98 Å². The van der Waals surface area contributed by atoms with Gasteiger partial charge in [0.15, 0.2) is 0 Å². The first-order chi connectivity index (χ1) is 6.08.